The Morgan fingerprint density at radius 2 is 1.90 bits per heavy atom. The molecule has 0 unspecified atom stereocenters. The van der Waals surface area contributed by atoms with Crippen molar-refractivity contribution in [1.82, 2.24) is 15.2 Å². The van der Waals surface area contributed by atoms with Gasteiger partial charge in [-0.1, -0.05) is 12.1 Å². The van der Waals surface area contributed by atoms with E-state index in [1.165, 1.54) is 0 Å². The number of hydrogen-bond donors (Lipinski definition) is 1. The Morgan fingerprint density at radius 1 is 1.20 bits per heavy atom. The molecular formula is C14H13N5O. The van der Waals surface area contributed by atoms with Crippen LogP contribution in [0.2, 0.25) is 0 Å². The molecule has 2 rings (SSSR count). The second-order valence-corrected chi connectivity index (χ2v) is 4.34. The van der Waals surface area contributed by atoms with Crippen LogP contribution < -0.4 is 5.32 Å². The van der Waals surface area contributed by atoms with Crippen LogP contribution in [0.15, 0.2) is 24.3 Å². The van der Waals surface area contributed by atoms with E-state index in [9.17, 15) is 4.79 Å². The van der Waals surface area contributed by atoms with Crippen molar-refractivity contribution in [2.45, 2.75) is 20.3 Å². The summed E-state index contributed by atoms with van der Waals surface area (Å²) >= 11 is 0. The molecule has 0 aliphatic carbocycles. The number of nitrogens with zero attached hydrogens (tertiary/aromatic N) is 4. The molecule has 1 aromatic carbocycles. The van der Waals surface area contributed by atoms with Gasteiger partial charge in [0.1, 0.15) is 0 Å². The zero-order valence-corrected chi connectivity index (χ0v) is 11.2. The maximum absolute atomic E-state index is 11.8. The van der Waals surface area contributed by atoms with Gasteiger partial charge in [-0.05, 0) is 31.5 Å². The maximum Gasteiger partial charge on any atom is 0.249 e. The van der Waals surface area contributed by atoms with Crippen molar-refractivity contribution in [1.29, 1.82) is 5.26 Å². The van der Waals surface area contributed by atoms with E-state index in [0.717, 1.165) is 17.0 Å². The third-order valence-electron chi connectivity index (χ3n) is 2.79. The summed E-state index contributed by atoms with van der Waals surface area (Å²) in [5.41, 5.74) is 2.85. The quantitative estimate of drug-likeness (QED) is 0.910. The first-order valence-electron chi connectivity index (χ1n) is 6.05. The monoisotopic (exact) mass is 267 g/mol. The average molecular weight is 267 g/mol. The van der Waals surface area contributed by atoms with Gasteiger partial charge in [0.2, 0.25) is 11.9 Å². The van der Waals surface area contributed by atoms with Gasteiger partial charge in [0.25, 0.3) is 0 Å². The largest absolute Gasteiger partial charge is 0.293 e. The summed E-state index contributed by atoms with van der Waals surface area (Å²) in [7, 11) is 0. The summed E-state index contributed by atoms with van der Waals surface area (Å²) in [6.45, 7) is 3.61. The first kappa shape index (κ1) is 13.6. The minimum absolute atomic E-state index is 0.196. The topological polar surface area (TPSA) is 91.6 Å². The van der Waals surface area contributed by atoms with Crippen LogP contribution in [0.5, 0.6) is 0 Å². The number of nitriles is 1. The van der Waals surface area contributed by atoms with Crippen molar-refractivity contribution in [3.8, 4) is 6.07 Å². The fourth-order valence-electron chi connectivity index (χ4n) is 1.56. The molecule has 1 aromatic heterocycles. The number of nitrogens with one attached hydrogen (secondary N) is 1. The van der Waals surface area contributed by atoms with Crippen LogP contribution in [0.1, 0.15) is 22.5 Å². The zero-order chi connectivity index (χ0) is 14.5. The van der Waals surface area contributed by atoms with E-state index < -0.39 is 0 Å². The van der Waals surface area contributed by atoms with Crippen molar-refractivity contribution >= 4 is 11.9 Å². The minimum atomic E-state index is -0.222. The lowest BCUT2D eigenvalue weighted by Gasteiger charge is -2.05. The minimum Gasteiger partial charge on any atom is -0.293 e. The molecule has 0 fully saturated rings. The number of aromatic nitrogens is 3. The molecule has 100 valence electrons. The van der Waals surface area contributed by atoms with Gasteiger partial charge in [0.15, 0.2) is 0 Å². The molecule has 0 bridgehead atoms. The van der Waals surface area contributed by atoms with E-state index in [1.807, 2.05) is 6.07 Å². The lowest BCUT2D eigenvalue weighted by molar-refractivity contribution is -0.115. The van der Waals surface area contributed by atoms with E-state index in [0.29, 0.717) is 5.56 Å². The van der Waals surface area contributed by atoms with Crippen molar-refractivity contribution < 1.29 is 4.79 Å². The van der Waals surface area contributed by atoms with Gasteiger partial charge in [-0.15, -0.1) is 5.10 Å². The lowest BCUT2D eigenvalue weighted by atomic mass is 10.1. The summed E-state index contributed by atoms with van der Waals surface area (Å²) in [5.74, 6) is -0.0218. The molecule has 0 aliphatic heterocycles. The Morgan fingerprint density at radius 3 is 2.50 bits per heavy atom. The molecule has 0 saturated carbocycles. The molecule has 0 aliphatic rings. The number of rotatable bonds is 3. The molecule has 6 nitrogen and oxygen atoms in total. The number of hydrogen-bond acceptors (Lipinski definition) is 5. The predicted octanol–water partition coefficient (Wildman–Crippen LogP) is 1.54. The fourth-order valence-corrected chi connectivity index (χ4v) is 1.56. The van der Waals surface area contributed by atoms with Gasteiger partial charge in [-0.25, -0.2) is 4.98 Å². The number of carbonyl (C=O) groups excluding carboxylic acids is 1. The van der Waals surface area contributed by atoms with Crippen LogP contribution in [0, 0.1) is 25.2 Å². The van der Waals surface area contributed by atoms with Crippen LogP contribution in [0.3, 0.4) is 0 Å². The highest BCUT2D eigenvalue weighted by Crippen LogP contribution is 2.06. The van der Waals surface area contributed by atoms with Crippen LogP contribution in [-0.2, 0) is 11.2 Å². The third-order valence-corrected chi connectivity index (χ3v) is 2.79. The third kappa shape index (κ3) is 3.36. The van der Waals surface area contributed by atoms with Gasteiger partial charge < -0.3 is 0 Å². The highest BCUT2D eigenvalue weighted by molar-refractivity contribution is 5.90. The normalized spacial score (nSPS) is 9.85. The Hall–Kier alpha value is -2.81. The van der Waals surface area contributed by atoms with Gasteiger partial charge in [0, 0.05) is 0 Å². The Kier molecular flexibility index (Phi) is 4.01. The molecule has 0 saturated heterocycles. The van der Waals surface area contributed by atoms with E-state index in [2.05, 4.69) is 20.5 Å². The van der Waals surface area contributed by atoms with Crippen molar-refractivity contribution in [3.63, 3.8) is 0 Å². The standard InChI is InChI=1S/C14H13N5O/c1-9-10(2)18-19-14(16-9)17-13(20)7-11-3-5-12(8-15)6-4-11/h3-6H,7H2,1-2H3,(H,16,17,19,20). The SMILES string of the molecule is Cc1nnc(NC(=O)Cc2ccc(C#N)cc2)nc1C. The molecule has 0 spiro atoms. The second-order valence-electron chi connectivity index (χ2n) is 4.34. The van der Waals surface area contributed by atoms with Crippen molar-refractivity contribution in [2.24, 2.45) is 0 Å². The van der Waals surface area contributed by atoms with Crippen molar-refractivity contribution in [3.05, 3.63) is 46.8 Å². The number of aryl methyl sites for hydroxylation is 2. The van der Waals surface area contributed by atoms with E-state index in [-0.39, 0.29) is 18.3 Å². The predicted molar refractivity (Wildman–Crippen MR) is 72.8 cm³/mol. The summed E-state index contributed by atoms with van der Waals surface area (Å²) in [6, 6.07) is 8.88. The van der Waals surface area contributed by atoms with E-state index in [1.54, 1.807) is 38.1 Å². The van der Waals surface area contributed by atoms with Crippen LogP contribution in [0.4, 0.5) is 5.95 Å². The van der Waals surface area contributed by atoms with Crippen LogP contribution in [0.25, 0.3) is 0 Å². The molecule has 6 heteroatoms. The van der Waals surface area contributed by atoms with Gasteiger partial charge in [-0.2, -0.15) is 10.4 Å². The molecule has 1 amide bonds. The van der Waals surface area contributed by atoms with Gasteiger partial charge in [0.05, 0.1) is 29.4 Å². The maximum atomic E-state index is 11.8. The molecule has 20 heavy (non-hydrogen) atoms. The summed E-state index contributed by atoms with van der Waals surface area (Å²) in [6.07, 6.45) is 0.196. The molecule has 1 heterocycles. The molecule has 0 radical (unpaired) electrons. The first-order chi connectivity index (χ1) is 9.58. The summed E-state index contributed by atoms with van der Waals surface area (Å²) < 4.78 is 0. The first-order valence-corrected chi connectivity index (χ1v) is 6.05. The highest BCUT2D eigenvalue weighted by atomic mass is 16.1. The number of anilines is 1. The Labute approximate surface area is 116 Å². The molecule has 2 aromatic rings. The Balaban J connectivity index is 2.01. The average Bonchev–Trinajstić information content (AvgIpc) is 2.44. The number of benzene rings is 1. The number of carbonyl (C=O) groups is 1. The summed E-state index contributed by atoms with van der Waals surface area (Å²) in [4.78, 5) is 16.0. The molecule has 0 atom stereocenters. The lowest BCUT2D eigenvalue weighted by Crippen LogP contribution is -2.17. The second kappa shape index (κ2) is 5.89. The van der Waals surface area contributed by atoms with Gasteiger partial charge >= 0.3 is 0 Å². The zero-order valence-electron chi connectivity index (χ0n) is 11.2. The molecule has 1 N–H and O–H groups in total. The summed E-state index contributed by atoms with van der Waals surface area (Å²) in [5, 5.41) is 19.0. The van der Waals surface area contributed by atoms with E-state index >= 15 is 0 Å². The van der Waals surface area contributed by atoms with Crippen LogP contribution in [-0.4, -0.2) is 21.1 Å². The number of amides is 1. The van der Waals surface area contributed by atoms with Gasteiger partial charge in [-0.3, -0.25) is 10.1 Å². The highest BCUT2D eigenvalue weighted by Gasteiger charge is 2.07. The fraction of sp³-hybridized carbons (Fsp3) is 0.214. The molecular weight excluding hydrogens is 254 g/mol. The van der Waals surface area contributed by atoms with E-state index in [4.69, 9.17) is 5.26 Å². The van der Waals surface area contributed by atoms with Crippen molar-refractivity contribution in [2.75, 3.05) is 5.32 Å². The Bertz CT molecular complexity index is 673. The smallest absolute Gasteiger partial charge is 0.249 e. The van der Waals surface area contributed by atoms with Crippen LogP contribution >= 0.6 is 0 Å².